The van der Waals surface area contributed by atoms with Gasteiger partial charge < -0.3 is 10.8 Å². The monoisotopic (exact) mass is 272 g/mol. The van der Waals surface area contributed by atoms with Gasteiger partial charge in [0.1, 0.15) is 10.6 Å². The minimum atomic E-state index is -3.96. The summed E-state index contributed by atoms with van der Waals surface area (Å²) in [5, 5.41) is 15.0. The van der Waals surface area contributed by atoms with Crippen LogP contribution in [0.1, 0.15) is 38.3 Å². The molecule has 0 saturated carbocycles. The molecule has 0 aliphatic heterocycles. The van der Waals surface area contributed by atoms with Gasteiger partial charge in [0.15, 0.2) is 0 Å². The zero-order valence-electron chi connectivity index (χ0n) is 10.9. The van der Waals surface area contributed by atoms with Crippen molar-refractivity contribution in [3.05, 3.63) is 23.3 Å². The van der Waals surface area contributed by atoms with Crippen molar-refractivity contribution in [2.24, 2.45) is 10.9 Å². The van der Waals surface area contributed by atoms with Crippen molar-refractivity contribution >= 4 is 10.0 Å². The fraction of sp³-hybridized carbons (Fsp3) is 0.500. The fourth-order valence-corrected chi connectivity index (χ4v) is 2.32. The molecule has 0 heterocycles. The molecule has 0 radical (unpaired) electrons. The van der Waals surface area contributed by atoms with Crippen LogP contribution in [0.5, 0.6) is 5.75 Å². The molecule has 1 rings (SSSR count). The first kappa shape index (κ1) is 14.9. The highest BCUT2D eigenvalue weighted by atomic mass is 32.2. The van der Waals surface area contributed by atoms with Gasteiger partial charge in [-0.3, -0.25) is 0 Å². The molecule has 18 heavy (non-hydrogen) atoms. The van der Waals surface area contributed by atoms with Gasteiger partial charge in [0.05, 0.1) is 0 Å². The Morgan fingerprint density at radius 2 is 1.89 bits per heavy atom. The van der Waals surface area contributed by atoms with E-state index in [2.05, 4.69) is 0 Å². The van der Waals surface area contributed by atoms with Gasteiger partial charge >= 0.3 is 0 Å². The lowest BCUT2D eigenvalue weighted by Crippen LogP contribution is -2.19. The van der Waals surface area contributed by atoms with Crippen LogP contribution < -0.4 is 10.9 Å². The summed E-state index contributed by atoms with van der Waals surface area (Å²) in [5.41, 5.74) is 6.50. The number of benzene rings is 1. The van der Waals surface area contributed by atoms with Crippen LogP contribution in [-0.4, -0.2) is 13.5 Å². The lowest BCUT2D eigenvalue weighted by Gasteiger charge is -2.25. The number of phenols is 1. The molecule has 0 amide bonds. The highest BCUT2D eigenvalue weighted by Gasteiger charge is 2.24. The minimum absolute atomic E-state index is 0.0575. The van der Waals surface area contributed by atoms with Gasteiger partial charge in [0, 0.05) is 12.1 Å². The van der Waals surface area contributed by atoms with Crippen LogP contribution in [0, 0.1) is 0 Å². The zero-order valence-corrected chi connectivity index (χ0v) is 11.7. The number of hydrogen-bond donors (Lipinski definition) is 3. The number of hydrogen-bond acceptors (Lipinski definition) is 4. The van der Waals surface area contributed by atoms with Gasteiger partial charge in [0.25, 0.3) is 0 Å². The molecule has 0 aliphatic rings. The molecule has 5 nitrogen and oxygen atoms in total. The van der Waals surface area contributed by atoms with E-state index in [0.717, 1.165) is 12.0 Å². The second-order valence-corrected chi connectivity index (χ2v) is 6.50. The second kappa shape index (κ2) is 4.87. The van der Waals surface area contributed by atoms with Gasteiger partial charge in [-0.25, -0.2) is 13.6 Å². The first-order valence-corrected chi connectivity index (χ1v) is 7.27. The summed E-state index contributed by atoms with van der Waals surface area (Å²) in [5.74, 6) is -0.351. The Kier molecular flexibility index (Phi) is 4.05. The Labute approximate surface area is 108 Å². The average Bonchev–Trinajstić information content (AvgIpc) is 2.27. The Morgan fingerprint density at radius 1 is 1.33 bits per heavy atom. The van der Waals surface area contributed by atoms with Crippen LogP contribution in [-0.2, 0) is 22.0 Å². The first-order valence-electron chi connectivity index (χ1n) is 5.72. The minimum Gasteiger partial charge on any atom is -0.506 e. The van der Waals surface area contributed by atoms with Crippen LogP contribution >= 0.6 is 0 Å². The summed E-state index contributed by atoms with van der Waals surface area (Å²) in [7, 11) is -3.96. The molecule has 102 valence electrons. The van der Waals surface area contributed by atoms with Crippen molar-refractivity contribution in [1.82, 2.24) is 0 Å². The SMILES string of the molecule is CCC(C)(C)c1cc(CN)c(O)c(S(N)(=O)=O)c1. The summed E-state index contributed by atoms with van der Waals surface area (Å²) in [6.45, 7) is 6.05. The van der Waals surface area contributed by atoms with Crippen LogP contribution in [0.4, 0.5) is 0 Å². The van der Waals surface area contributed by atoms with Crippen molar-refractivity contribution in [2.75, 3.05) is 0 Å². The first-order chi connectivity index (χ1) is 8.13. The molecule has 1 aromatic rings. The van der Waals surface area contributed by atoms with Gasteiger partial charge in [-0.05, 0) is 23.5 Å². The predicted octanol–water partition coefficient (Wildman–Crippen LogP) is 1.19. The van der Waals surface area contributed by atoms with Crippen LogP contribution in [0.25, 0.3) is 0 Å². The molecule has 0 aliphatic carbocycles. The van der Waals surface area contributed by atoms with E-state index < -0.39 is 10.0 Å². The lowest BCUT2D eigenvalue weighted by atomic mass is 9.81. The highest BCUT2D eigenvalue weighted by molar-refractivity contribution is 7.89. The molecule has 0 atom stereocenters. The van der Waals surface area contributed by atoms with Gasteiger partial charge in [-0.15, -0.1) is 0 Å². The maximum atomic E-state index is 11.5. The Morgan fingerprint density at radius 3 is 2.28 bits per heavy atom. The van der Waals surface area contributed by atoms with Crippen molar-refractivity contribution in [3.8, 4) is 5.75 Å². The maximum absolute atomic E-state index is 11.5. The molecule has 0 saturated heterocycles. The third-order valence-corrected chi connectivity index (χ3v) is 4.27. The predicted molar refractivity (Wildman–Crippen MR) is 70.7 cm³/mol. The van der Waals surface area contributed by atoms with E-state index in [0.29, 0.717) is 5.56 Å². The Hall–Kier alpha value is -1.11. The molecule has 0 fully saturated rings. The highest BCUT2D eigenvalue weighted by Crippen LogP contribution is 2.34. The lowest BCUT2D eigenvalue weighted by molar-refractivity contribution is 0.447. The molecule has 0 bridgehead atoms. The molecule has 0 aromatic heterocycles. The summed E-state index contributed by atoms with van der Waals surface area (Å²) < 4.78 is 22.9. The third-order valence-electron chi connectivity index (χ3n) is 3.35. The number of nitrogens with two attached hydrogens (primary N) is 2. The summed E-state index contributed by atoms with van der Waals surface area (Å²) in [6, 6.07) is 3.15. The zero-order chi connectivity index (χ0) is 14.1. The molecular formula is C12H20N2O3S. The van der Waals surface area contributed by atoms with Crippen molar-refractivity contribution in [2.45, 2.75) is 44.0 Å². The van der Waals surface area contributed by atoms with Crippen LogP contribution in [0.2, 0.25) is 0 Å². The molecule has 1 aromatic carbocycles. The van der Waals surface area contributed by atoms with Crippen LogP contribution in [0.3, 0.4) is 0 Å². The molecular weight excluding hydrogens is 252 g/mol. The largest absolute Gasteiger partial charge is 0.506 e. The summed E-state index contributed by atoms with van der Waals surface area (Å²) >= 11 is 0. The number of rotatable bonds is 4. The van der Waals surface area contributed by atoms with E-state index in [1.54, 1.807) is 6.07 Å². The van der Waals surface area contributed by atoms with Crippen molar-refractivity contribution in [1.29, 1.82) is 0 Å². The van der Waals surface area contributed by atoms with Crippen molar-refractivity contribution < 1.29 is 13.5 Å². The van der Waals surface area contributed by atoms with E-state index in [9.17, 15) is 13.5 Å². The van der Waals surface area contributed by atoms with Gasteiger partial charge in [0.2, 0.25) is 10.0 Å². The average molecular weight is 272 g/mol. The maximum Gasteiger partial charge on any atom is 0.241 e. The number of primary sulfonamides is 1. The molecule has 0 spiro atoms. The molecule has 5 N–H and O–H groups in total. The topological polar surface area (TPSA) is 106 Å². The van der Waals surface area contributed by atoms with E-state index >= 15 is 0 Å². The van der Waals surface area contributed by atoms with E-state index in [4.69, 9.17) is 10.9 Å². The number of aromatic hydroxyl groups is 1. The van der Waals surface area contributed by atoms with Crippen molar-refractivity contribution in [3.63, 3.8) is 0 Å². The second-order valence-electron chi connectivity index (χ2n) is 4.97. The smallest absolute Gasteiger partial charge is 0.241 e. The number of phenolic OH excluding ortho intramolecular Hbond substituents is 1. The normalized spacial score (nSPS) is 12.7. The fourth-order valence-electron chi connectivity index (χ4n) is 1.63. The number of sulfonamides is 1. The summed E-state index contributed by atoms with van der Waals surface area (Å²) in [6.07, 6.45) is 0.825. The molecule has 6 heteroatoms. The van der Waals surface area contributed by atoms with E-state index in [1.165, 1.54) is 6.07 Å². The Bertz CT molecular complexity index is 551. The van der Waals surface area contributed by atoms with Crippen LogP contribution in [0.15, 0.2) is 17.0 Å². The van der Waals surface area contributed by atoms with E-state index in [1.807, 2.05) is 20.8 Å². The van der Waals surface area contributed by atoms with Gasteiger partial charge in [-0.1, -0.05) is 26.8 Å². The van der Waals surface area contributed by atoms with E-state index in [-0.39, 0.29) is 22.6 Å². The van der Waals surface area contributed by atoms with Gasteiger partial charge in [-0.2, -0.15) is 0 Å². The summed E-state index contributed by atoms with van der Waals surface area (Å²) in [4.78, 5) is -0.262. The Balaban J connectivity index is 3.61. The molecule has 0 unspecified atom stereocenters. The quantitative estimate of drug-likeness (QED) is 0.765. The standard InChI is InChI=1S/C12H20N2O3S/c1-4-12(2,3)9-5-8(7-13)11(15)10(6-9)18(14,16)17/h5-6,15H,4,7,13H2,1-3H3,(H2,14,16,17). The third kappa shape index (κ3) is 2.82.